The molecule has 0 aromatic carbocycles. The van der Waals surface area contributed by atoms with E-state index in [0.717, 1.165) is 0 Å². The largest absolute Gasteiger partial charge is 0.431 e. The van der Waals surface area contributed by atoms with Gasteiger partial charge in [0.2, 0.25) is 5.91 Å². The SMILES string of the molecule is O=C(CCC(F)(C(F)(F)F)C(F)(F)F)NCCS(=O)(=O)O. The molecule has 0 heterocycles. The van der Waals surface area contributed by atoms with Crippen LogP contribution in [0.4, 0.5) is 30.7 Å². The van der Waals surface area contributed by atoms with Crippen LogP contribution in [0.3, 0.4) is 0 Å². The zero-order chi connectivity index (χ0) is 17.1. The zero-order valence-electron chi connectivity index (χ0n) is 10.1. The van der Waals surface area contributed by atoms with Crippen molar-refractivity contribution in [3.63, 3.8) is 0 Å². The van der Waals surface area contributed by atoms with Gasteiger partial charge in [-0.2, -0.15) is 34.8 Å². The summed E-state index contributed by atoms with van der Waals surface area (Å²) in [6.45, 7) is -0.741. The monoisotopic (exact) mass is 349 g/mol. The third kappa shape index (κ3) is 6.03. The molecule has 0 radical (unpaired) electrons. The van der Waals surface area contributed by atoms with Crippen LogP contribution in [0.1, 0.15) is 12.8 Å². The average molecular weight is 349 g/mol. The van der Waals surface area contributed by atoms with Crippen molar-refractivity contribution in [3.05, 3.63) is 0 Å². The Morgan fingerprint density at radius 2 is 1.43 bits per heavy atom. The molecule has 0 aliphatic rings. The molecule has 0 aromatic heterocycles. The second kappa shape index (κ2) is 6.34. The molecule has 0 rings (SSSR count). The van der Waals surface area contributed by atoms with Crippen LogP contribution in [0.2, 0.25) is 0 Å². The van der Waals surface area contributed by atoms with Crippen molar-refractivity contribution >= 4 is 16.0 Å². The summed E-state index contributed by atoms with van der Waals surface area (Å²) in [5, 5.41) is 1.64. The van der Waals surface area contributed by atoms with E-state index in [4.69, 9.17) is 4.55 Å². The number of halogens is 7. The van der Waals surface area contributed by atoms with Gasteiger partial charge in [0.1, 0.15) is 0 Å². The molecule has 21 heavy (non-hydrogen) atoms. The Morgan fingerprint density at radius 3 is 1.76 bits per heavy atom. The Hall–Kier alpha value is -1.11. The second-order valence-electron chi connectivity index (χ2n) is 3.93. The third-order valence-electron chi connectivity index (χ3n) is 2.28. The van der Waals surface area contributed by atoms with Crippen LogP contribution in [0.5, 0.6) is 0 Å². The van der Waals surface area contributed by atoms with Gasteiger partial charge in [0.15, 0.2) is 0 Å². The second-order valence-corrected chi connectivity index (χ2v) is 5.50. The molecule has 1 amide bonds. The molecular formula is C8H10F7NO4S. The van der Waals surface area contributed by atoms with Gasteiger partial charge in [-0.3, -0.25) is 9.35 Å². The van der Waals surface area contributed by atoms with Crippen molar-refractivity contribution in [1.29, 1.82) is 0 Å². The highest BCUT2D eigenvalue weighted by molar-refractivity contribution is 7.85. The Kier molecular flexibility index (Phi) is 6.00. The molecule has 0 bridgehead atoms. The fourth-order valence-corrected chi connectivity index (χ4v) is 1.50. The van der Waals surface area contributed by atoms with E-state index in [2.05, 4.69) is 0 Å². The van der Waals surface area contributed by atoms with E-state index in [1.165, 1.54) is 0 Å². The number of hydrogen-bond donors (Lipinski definition) is 2. The summed E-state index contributed by atoms with van der Waals surface area (Å²) in [6.07, 6.45) is -16.2. The van der Waals surface area contributed by atoms with Crippen molar-refractivity contribution in [1.82, 2.24) is 5.32 Å². The minimum atomic E-state index is -6.25. The minimum absolute atomic E-state index is 0.741. The molecule has 5 nitrogen and oxygen atoms in total. The maximum absolute atomic E-state index is 13.1. The predicted molar refractivity (Wildman–Crippen MR) is 54.6 cm³/mol. The number of amides is 1. The van der Waals surface area contributed by atoms with Crippen molar-refractivity contribution in [3.8, 4) is 0 Å². The van der Waals surface area contributed by atoms with Gasteiger partial charge >= 0.3 is 12.4 Å². The fourth-order valence-electron chi connectivity index (χ4n) is 1.14. The summed E-state index contributed by atoms with van der Waals surface area (Å²) >= 11 is 0. The molecular weight excluding hydrogens is 339 g/mol. The Balaban J connectivity index is 4.63. The first kappa shape index (κ1) is 19.9. The Labute approximate surface area is 114 Å². The molecule has 0 fully saturated rings. The molecule has 0 spiro atoms. The van der Waals surface area contributed by atoms with E-state index >= 15 is 0 Å². The van der Waals surface area contributed by atoms with Gasteiger partial charge in [0, 0.05) is 19.4 Å². The van der Waals surface area contributed by atoms with Crippen LogP contribution >= 0.6 is 0 Å². The summed E-state index contributed by atoms with van der Waals surface area (Å²) in [5.74, 6) is -2.41. The fraction of sp³-hybridized carbons (Fsp3) is 0.875. The van der Waals surface area contributed by atoms with Crippen LogP contribution in [-0.2, 0) is 14.9 Å². The van der Waals surface area contributed by atoms with Crippen LogP contribution in [0.15, 0.2) is 0 Å². The number of carbonyl (C=O) groups is 1. The Bertz CT molecular complexity index is 456. The van der Waals surface area contributed by atoms with E-state index in [1.54, 1.807) is 5.32 Å². The van der Waals surface area contributed by atoms with Gasteiger partial charge in [-0.15, -0.1) is 0 Å². The number of hydrogen-bond acceptors (Lipinski definition) is 3. The highest BCUT2D eigenvalue weighted by Gasteiger charge is 2.71. The number of rotatable bonds is 6. The standard InChI is InChI=1S/C8H10F7NO4S/c9-6(7(10,11)12,8(13,14)15)2-1-5(17)16-3-4-21(18,19)20/h1-4H2,(H,16,17)(H,18,19,20). The molecule has 0 unspecified atom stereocenters. The lowest BCUT2D eigenvalue weighted by molar-refractivity contribution is -0.342. The summed E-state index contributed by atoms with van der Waals surface area (Å²) in [7, 11) is -4.46. The van der Waals surface area contributed by atoms with Gasteiger partial charge < -0.3 is 5.32 Å². The molecule has 0 aliphatic carbocycles. The zero-order valence-corrected chi connectivity index (χ0v) is 10.9. The quantitative estimate of drug-likeness (QED) is 0.564. The normalized spacial score (nSPS) is 14.1. The summed E-state index contributed by atoms with van der Waals surface area (Å²) in [4.78, 5) is 10.9. The van der Waals surface area contributed by atoms with E-state index < -0.39 is 59.2 Å². The Morgan fingerprint density at radius 1 is 1.00 bits per heavy atom. The molecule has 2 N–H and O–H groups in total. The van der Waals surface area contributed by atoms with Crippen molar-refractivity contribution < 1.29 is 48.5 Å². The number of nitrogens with one attached hydrogen (secondary N) is 1. The topological polar surface area (TPSA) is 83.5 Å². The summed E-state index contributed by atoms with van der Waals surface area (Å²) < 4.78 is 115. The molecule has 0 atom stereocenters. The predicted octanol–water partition coefficient (Wildman–Crippen LogP) is 1.60. The molecule has 13 heteroatoms. The maximum atomic E-state index is 13.1. The van der Waals surface area contributed by atoms with E-state index in [9.17, 15) is 43.9 Å². The molecule has 0 saturated carbocycles. The lowest BCUT2D eigenvalue weighted by Crippen LogP contribution is -2.53. The van der Waals surface area contributed by atoms with Crippen LogP contribution < -0.4 is 5.32 Å². The van der Waals surface area contributed by atoms with Crippen molar-refractivity contribution in [2.24, 2.45) is 0 Å². The third-order valence-corrected chi connectivity index (χ3v) is 3.00. The van der Waals surface area contributed by atoms with Gasteiger partial charge in [0.05, 0.1) is 5.75 Å². The van der Waals surface area contributed by atoms with Gasteiger partial charge in [0.25, 0.3) is 15.8 Å². The molecule has 0 aromatic rings. The first-order chi connectivity index (χ1) is 9.10. The maximum Gasteiger partial charge on any atom is 0.431 e. The highest BCUT2D eigenvalue weighted by Crippen LogP contribution is 2.48. The van der Waals surface area contributed by atoms with E-state index in [0.29, 0.717) is 0 Å². The van der Waals surface area contributed by atoms with Gasteiger partial charge in [-0.25, -0.2) is 4.39 Å². The molecule has 0 saturated heterocycles. The first-order valence-electron chi connectivity index (χ1n) is 5.14. The van der Waals surface area contributed by atoms with E-state index in [-0.39, 0.29) is 0 Å². The van der Waals surface area contributed by atoms with Gasteiger partial charge in [-0.1, -0.05) is 0 Å². The molecule has 126 valence electrons. The smallest absolute Gasteiger partial charge is 0.355 e. The van der Waals surface area contributed by atoms with Gasteiger partial charge in [-0.05, 0) is 0 Å². The van der Waals surface area contributed by atoms with Crippen molar-refractivity contribution in [2.75, 3.05) is 12.3 Å². The van der Waals surface area contributed by atoms with Crippen LogP contribution in [-0.4, -0.2) is 49.2 Å². The first-order valence-corrected chi connectivity index (χ1v) is 6.75. The number of alkyl halides is 7. The summed E-state index contributed by atoms with van der Waals surface area (Å²) in [6, 6.07) is 0. The lowest BCUT2D eigenvalue weighted by Gasteiger charge is -2.29. The van der Waals surface area contributed by atoms with Crippen LogP contribution in [0.25, 0.3) is 0 Å². The highest BCUT2D eigenvalue weighted by atomic mass is 32.2. The number of carbonyl (C=O) groups excluding carboxylic acids is 1. The van der Waals surface area contributed by atoms with E-state index in [1.807, 2.05) is 0 Å². The minimum Gasteiger partial charge on any atom is -0.355 e. The van der Waals surface area contributed by atoms with Crippen molar-refractivity contribution in [2.45, 2.75) is 30.9 Å². The summed E-state index contributed by atoms with van der Waals surface area (Å²) in [5.41, 5.74) is -5.54. The average Bonchev–Trinajstić information content (AvgIpc) is 2.20. The lowest BCUT2D eigenvalue weighted by atomic mass is 9.98. The van der Waals surface area contributed by atoms with Crippen LogP contribution in [0, 0.1) is 0 Å². The molecule has 0 aliphatic heterocycles.